The summed E-state index contributed by atoms with van der Waals surface area (Å²) >= 11 is 0. The summed E-state index contributed by atoms with van der Waals surface area (Å²) in [6.07, 6.45) is -2.01. The highest BCUT2D eigenvalue weighted by atomic mass is 19.4. The Morgan fingerprint density at radius 2 is 1.75 bits per heavy atom. The van der Waals surface area contributed by atoms with Gasteiger partial charge in [-0.3, -0.25) is 14.6 Å². The number of aromatic nitrogens is 1. The molecule has 0 aliphatic carbocycles. The third-order valence-electron chi connectivity index (χ3n) is 6.47. The number of fused-ring (bicyclic) bond motifs is 1. The predicted molar refractivity (Wildman–Crippen MR) is 127 cm³/mol. The van der Waals surface area contributed by atoms with Crippen LogP contribution >= 0.6 is 0 Å². The van der Waals surface area contributed by atoms with Gasteiger partial charge in [-0.05, 0) is 43.2 Å². The Hall–Kier alpha value is -3.95. The van der Waals surface area contributed by atoms with Crippen LogP contribution in [0, 0.1) is 12.3 Å². The number of amides is 2. The molecular formula is C26H24F3N3O4. The molecule has 10 heteroatoms. The zero-order valence-electron chi connectivity index (χ0n) is 19.5. The van der Waals surface area contributed by atoms with Gasteiger partial charge >= 0.3 is 12.1 Å². The van der Waals surface area contributed by atoms with Gasteiger partial charge in [-0.25, -0.2) is 4.79 Å². The number of pyridine rings is 1. The number of likely N-dealkylation sites (tertiary alicyclic amines) is 1. The van der Waals surface area contributed by atoms with Crippen LogP contribution < -0.4 is 4.90 Å². The van der Waals surface area contributed by atoms with Crippen molar-refractivity contribution in [3.05, 3.63) is 71.9 Å². The Bertz CT molecular complexity index is 1320. The summed E-state index contributed by atoms with van der Waals surface area (Å²) < 4.78 is 31.7. The average Bonchev–Trinajstić information content (AvgIpc) is 3.40. The molecule has 5 rings (SSSR count). The molecule has 2 aromatic carbocycles. The molecule has 1 N–H and O–H groups in total. The van der Waals surface area contributed by atoms with Gasteiger partial charge in [0.15, 0.2) is 0 Å². The van der Waals surface area contributed by atoms with Gasteiger partial charge in [0.2, 0.25) is 5.91 Å². The topological polar surface area (TPSA) is 90.8 Å². The molecule has 2 aliphatic heterocycles. The summed E-state index contributed by atoms with van der Waals surface area (Å²) in [6, 6.07) is 17.6. The van der Waals surface area contributed by atoms with Gasteiger partial charge in [-0.1, -0.05) is 30.3 Å². The van der Waals surface area contributed by atoms with E-state index < -0.39 is 12.1 Å². The summed E-state index contributed by atoms with van der Waals surface area (Å²) in [5.74, 6) is -2.60. The van der Waals surface area contributed by atoms with Crippen LogP contribution in [0.1, 0.15) is 28.8 Å². The minimum Gasteiger partial charge on any atom is -0.475 e. The standard InChI is InChI=1S/C24H23N3O2.C2HF3O2/c1-17-5-2-8-19(13-17)27-16-24(14-21(27)28)10-12-26(15-24)23(29)20-9-3-6-18-7-4-11-25-22(18)20;3-2(4,5)1(6)7/h2-9,11,13H,10,12,14-16H2,1H3;(H,6,7). The van der Waals surface area contributed by atoms with Crippen molar-refractivity contribution >= 4 is 34.4 Å². The minimum absolute atomic E-state index is 0.00706. The van der Waals surface area contributed by atoms with E-state index in [0.29, 0.717) is 31.6 Å². The second kappa shape index (κ2) is 9.60. The van der Waals surface area contributed by atoms with E-state index in [2.05, 4.69) is 11.1 Å². The number of alkyl halides is 3. The zero-order chi connectivity index (χ0) is 26.1. The Kier molecular flexibility index (Phi) is 6.71. The molecule has 188 valence electrons. The van der Waals surface area contributed by atoms with Crippen LogP contribution in [0.4, 0.5) is 18.9 Å². The maximum Gasteiger partial charge on any atom is 0.490 e. The number of benzene rings is 2. The quantitative estimate of drug-likeness (QED) is 0.563. The molecule has 2 aliphatic rings. The van der Waals surface area contributed by atoms with Crippen molar-refractivity contribution in [3.63, 3.8) is 0 Å². The lowest BCUT2D eigenvalue weighted by atomic mass is 9.86. The Morgan fingerprint density at radius 3 is 2.44 bits per heavy atom. The maximum atomic E-state index is 13.3. The fraction of sp³-hybridized carbons (Fsp3) is 0.308. The van der Waals surface area contributed by atoms with E-state index >= 15 is 0 Å². The maximum absolute atomic E-state index is 13.3. The molecule has 2 fully saturated rings. The summed E-state index contributed by atoms with van der Waals surface area (Å²) in [5.41, 5.74) is 3.32. The van der Waals surface area contributed by atoms with Gasteiger partial charge in [0.05, 0.1) is 11.1 Å². The number of aryl methyl sites for hydroxylation is 1. The van der Waals surface area contributed by atoms with Crippen molar-refractivity contribution in [1.29, 1.82) is 0 Å². The number of hydrogen-bond acceptors (Lipinski definition) is 4. The van der Waals surface area contributed by atoms with E-state index in [1.165, 1.54) is 0 Å². The van der Waals surface area contributed by atoms with Gasteiger partial charge in [-0.15, -0.1) is 0 Å². The number of para-hydroxylation sites is 1. The summed E-state index contributed by atoms with van der Waals surface area (Å²) in [7, 11) is 0. The van der Waals surface area contributed by atoms with Crippen LogP contribution in [-0.4, -0.2) is 58.6 Å². The molecule has 1 atom stereocenters. The van der Waals surface area contributed by atoms with Crippen LogP contribution in [0.15, 0.2) is 60.8 Å². The normalized spacial score (nSPS) is 19.5. The predicted octanol–water partition coefficient (Wildman–Crippen LogP) is 4.45. The Labute approximate surface area is 205 Å². The fourth-order valence-electron chi connectivity index (χ4n) is 4.76. The number of carboxylic acid groups (broad SMARTS) is 1. The lowest BCUT2D eigenvalue weighted by Gasteiger charge is -2.24. The molecule has 0 saturated carbocycles. The number of halogens is 3. The highest BCUT2D eigenvalue weighted by Gasteiger charge is 2.49. The van der Waals surface area contributed by atoms with Gasteiger partial charge in [0.25, 0.3) is 5.91 Å². The lowest BCUT2D eigenvalue weighted by Crippen LogP contribution is -2.34. The van der Waals surface area contributed by atoms with Crippen LogP contribution in [0.3, 0.4) is 0 Å². The van der Waals surface area contributed by atoms with Crippen LogP contribution in [0.2, 0.25) is 0 Å². The molecule has 2 amide bonds. The number of carbonyl (C=O) groups excluding carboxylic acids is 2. The van der Waals surface area contributed by atoms with E-state index in [-0.39, 0.29) is 17.2 Å². The van der Waals surface area contributed by atoms with Crippen molar-refractivity contribution in [2.45, 2.75) is 25.9 Å². The third-order valence-corrected chi connectivity index (χ3v) is 6.47. The van der Waals surface area contributed by atoms with Gasteiger partial charge in [0, 0.05) is 48.7 Å². The number of carboxylic acids is 1. The van der Waals surface area contributed by atoms with E-state index in [4.69, 9.17) is 9.90 Å². The second-order valence-corrected chi connectivity index (χ2v) is 9.16. The van der Waals surface area contributed by atoms with E-state index in [0.717, 1.165) is 28.6 Å². The van der Waals surface area contributed by atoms with E-state index in [1.54, 1.807) is 6.20 Å². The molecule has 1 aromatic heterocycles. The SMILES string of the molecule is Cc1cccc(N2CC3(CCN(C(=O)c4cccc5cccnc45)C3)CC2=O)c1.O=C(O)C(F)(F)F. The summed E-state index contributed by atoms with van der Waals surface area (Å²) in [5, 5.41) is 8.09. The molecule has 3 aromatic rings. The molecule has 7 nitrogen and oxygen atoms in total. The van der Waals surface area contributed by atoms with Crippen molar-refractivity contribution in [1.82, 2.24) is 9.88 Å². The van der Waals surface area contributed by atoms with Crippen LogP contribution in [-0.2, 0) is 9.59 Å². The lowest BCUT2D eigenvalue weighted by molar-refractivity contribution is -0.192. The van der Waals surface area contributed by atoms with Crippen molar-refractivity contribution in [3.8, 4) is 0 Å². The monoisotopic (exact) mass is 499 g/mol. The number of anilines is 1. The van der Waals surface area contributed by atoms with Crippen LogP contribution in [0.25, 0.3) is 10.9 Å². The third kappa shape index (κ3) is 5.17. The van der Waals surface area contributed by atoms with Crippen molar-refractivity contribution < 1.29 is 32.7 Å². The minimum atomic E-state index is -5.08. The van der Waals surface area contributed by atoms with Crippen molar-refractivity contribution in [2.75, 3.05) is 24.5 Å². The number of carbonyl (C=O) groups is 3. The first kappa shape index (κ1) is 25.2. The second-order valence-electron chi connectivity index (χ2n) is 9.16. The molecular weight excluding hydrogens is 475 g/mol. The van der Waals surface area contributed by atoms with Gasteiger partial charge in [0.1, 0.15) is 0 Å². The first-order chi connectivity index (χ1) is 17.0. The van der Waals surface area contributed by atoms with Gasteiger partial charge in [-0.2, -0.15) is 13.2 Å². The van der Waals surface area contributed by atoms with E-state index in [1.807, 2.05) is 65.3 Å². The largest absolute Gasteiger partial charge is 0.490 e. The first-order valence-electron chi connectivity index (χ1n) is 11.3. The molecule has 2 saturated heterocycles. The number of rotatable bonds is 2. The highest BCUT2D eigenvalue weighted by molar-refractivity contribution is 6.05. The number of aliphatic carboxylic acids is 1. The number of nitrogens with zero attached hydrogens (tertiary/aromatic N) is 3. The zero-order valence-corrected chi connectivity index (χ0v) is 19.5. The summed E-state index contributed by atoms with van der Waals surface area (Å²) in [4.78, 5) is 43.2. The molecule has 1 unspecified atom stereocenters. The molecule has 1 spiro atoms. The smallest absolute Gasteiger partial charge is 0.475 e. The first-order valence-corrected chi connectivity index (χ1v) is 11.3. The van der Waals surface area contributed by atoms with Gasteiger partial charge < -0.3 is 14.9 Å². The van der Waals surface area contributed by atoms with Crippen molar-refractivity contribution in [2.24, 2.45) is 5.41 Å². The fourth-order valence-corrected chi connectivity index (χ4v) is 4.76. The molecule has 3 heterocycles. The summed E-state index contributed by atoms with van der Waals surface area (Å²) in [6.45, 7) is 4.00. The Morgan fingerprint density at radius 1 is 1.06 bits per heavy atom. The molecule has 0 bridgehead atoms. The molecule has 0 radical (unpaired) electrons. The average molecular weight is 499 g/mol. The van der Waals surface area contributed by atoms with Crippen LogP contribution in [0.5, 0.6) is 0 Å². The highest BCUT2D eigenvalue weighted by Crippen LogP contribution is 2.42. The Balaban J connectivity index is 0.000000384. The number of hydrogen-bond donors (Lipinski definition) is 1. The van der Waals surface area contributed by atoms with E-state index in [9.17, 15) is 22.8 Å². The molecule has 36 heavy (non-hydrogen) atoms.